The number of carbonyl (C=O) groups excluding carboxylic acids is 2. The number of aromatic nitrogens is 1. The maximum absolute atomic E-state index is 12.4. The molecule has 1 aliphatic rings. The maximum atomic E-state index is 12.4. The number of hydrogen-bond donors (Lipinski definition) is 3. The summed E-state index contributed by atoms with van der Waals surface area (Å²) in [6, 6.07) is 10.3. The van der Waals surface area contributed by atoms with Gasteiger partial charge in [0.15, 0.2) is 0 Å². The Morgan fingerprint density at radius 1 is 1.00 bits per heavy atom. The Labute approximate surface area is 140 Å². The van der Waals surface area contributed by atoms with E-state index in [9.17, 15) is 9.59 Å². The third kappa shape index (κ3) is 3.60. The molecular weight excluding hydrogens is 304 g/mol. The summed E-state index contributed by atoms with van der Waals surface area (Å²) in [7, 11) is 0. The molecule has 6 nitrogen and oxygen atoms in total. The van der Waals surface area contributed by atoms with Crippen molar-refractivity contribution in [2.24, 2.45) is 5.73 Å². The highest BCUT2D eigenvalue weighted by molar-refractivity contribution is 6.05. The Hall–Kier alpha value is -2.73. The molecular formula is C18H20N4O2. The molecule has 0 radical (unpaired) electrons. The summed E-state index contributed by atoms with van der Waals surface area (Å²) >= 11 is 0. The second kappa shape index (κ2) is 6.80. The first kappa shape index (κ1) is 16.1. The van der Waals surface area contributed by atoms with Crippen LogP contribution >= 0.6 is 0 Å². The molecule has 1 saturated carbocycles. The largest absolute Gasteiger partial charge is 0.324 e. The average Bonchev–Trinajstić information content (AvgIpc) is 3.04. The molecule has 2 amide bonds. The lowest BCUT2D eigenvalue weighted by atomic mass is 9.98. The van der Waals surface area contributed by atoms with Crippen molar-refractivity contribution in [1.29, 1.82) is 0 Å². The van der Waals surface area contributed by atoms with Gasteiger partial charge in [0.05, 0.1) is 5.54 Å². The second-order valence-corrected chi connectivity index (χ2v) is 6.09. The molecule has 24 heavy (non-hydrogen) atoms. The van der Waals surface area contributed by atoms with Crippen LogP contribution in [0.3, 0.4) is 0 Å². The van der Waals surface area contributed by atoms with Crippen molar-refractivity contribution in [1.82, 2.24) is 4.98 Å². The molecule has 0 atom stereocenters. The minimum absolute atomic E-state index is 0.169. The molecule has 0 saturated heterocycles. The molecule has 0 spiro atoms. The highest BCUT2D eigenvalue weighted by Crippen LogP contribution is 2.28. The fourth-order valence-electron chi connectivity index (χ4n) is 2.87. The van der Waals surface area contributed by atoms with Crippen LogP contribution in [-0.2, 0) is 4.79 Å². The summed E-state index contributed by atoms with van der Waals surface area (Å²) in [6.45, 7) is 0. The van der Waals surface area contributed by atoms with Gasteiger partial charge in [0.2, 0.25) is 5.91 Å². The van der Waals surface area contributed by atoms with Gasteiger partial charge in [-0.25, -0.2) is 0 Å². The number of rotatable bonds is 4. The van der Waals surface area contributed by atoms with Crippen LogP contribution in [0.4, 0.5) is 11.4 Å². The van der Waals surface area contributed by atoms with Gasteiger partial charge in [-0.3, -0.25) is 14.6 Å². The first-order valence-corrected chi connectivity index (χ1v) is 7.99. The van der Waals surface area contributed by atoms with Crippen LogP contribution in [0.2, 0.25) is 0 Å². The summed E-state index contributed by atoms with van der Waals surface area (Å²) in [4.78, 5) is 28.4. The quantitative estimate of drug-likeness (QED) is 0.805. The zero-order valence-corrected chi connectivity index (χ0v) is 13.3. The Bertz CT molecular complexity index is 740. The van der Waals surface area contributed by atoms with Gasteiger partial charge in [0.1, 0.15) is 0 Å². The smallest absolute Gasteiger partial charge is 0.255 e. The van der Waals surface area contributed by atoms with E-state index in [2.05, 4.69) is 15.6 Å². The van der Waals surface area contributed by atoms with E-state index in [1.807, 2.05) is 0 Å². The predicted octanol–water partition coefficient (Wildman–Crippen LogP) is 2.54. The number of amides is 2. The van der Waals surface area contributed by atoms with Gasteiger partial charge < -0.3 is 16.4 Å². The van der Waals surface area contributed by atoms with Crippen LogP contribution in [0.5, 0.6) is 0 Å². The number of anilines is 2. The monoisotopic (exact) mass is 324 g/mol. The summed E-state index contributed by atoms with van der Waals surface area (Å²) < 4.78 is 0. The summed E-state index contributed by atoms with van der Waals surface area (Å²) in [5, 5.41) is 5.65. The molecule has 1 aromatic carbocycles. The third-order valence-corrected chi connectivity index (χ3v) is 4.27. The molecule has 0 bridgehead atoms. The van der Waals surface area contributed by atoms with Gasteiger partial charge in [0.25, 0.3) is 5.91 Å². The molecule has 2 aromatic rings. The topological polar surface area (TPSA) is 97.1 Å². The lowest BCUT2D eigenvalue weighted by Gasteiger charge is -2.22. The molecule has 6 heteroatoms. The van der Waals surface area contributed by atoms with Crippen molar-refractivity contribution in [3.63, 3.8) is 0 Å². The lowest BCUT2D eigenvalue weighted by molar-refractivity contribution is -0.121. The maximum Gasteiger partial charge on any atom is 0.255 e. The van der Waals surface area contributed by atoms with E-state index in [0.717, 1.165) is 12.8 Å². The number of nitrogens with one attached hydrogen (secondary N) is 2. The SMILES string of the molecule is NC1(C(=O)Nc2cccc(NC(=O)c3ccncc3)c2)CCCC1. The van der Waals surface area contributed by atoms with E-state index in [0.29, 0.717) is 29.8 Å². The molecule has 1 fully saturated rings. The van der Waals surface area contributed by atoms with Crippen molar-refractivity contribution in [3.05, 3.63) is 54.4 Å². The number of pyridine rings is 1. The van der Waals surface area contributed by atoms with E-state index in [1.54, 1.807) is 48.8 Å². The van der Waals surface area contributed by atoms with E-state index in [4.69, 9.17) is 5.73 Å². The Morgan fingerprint density at radius 2 is 1.62 bits per heavy atom. The third-order valence-electron chi connectivity index (χ3n) is 4.27. The van der Waals surface area contributed by atoms with E-state index in [1.165, 1.54) is 0 Å². The van der Waals surface area contributed by atoms with Gasteiger partial charge in [-0.2, -0.15) is 0 Å². The number of nitrogens with zero attached hydrogens (tertiary/aromatic N) is 1. The van der Waals surface area contributed by atoms with Crippen LogP contribution in [0.25, 0.3) is 0 Å². The summed E-state index contributed by atoms with van der Waals surface area (Å²) in [6.07, 6.45) is 6.49. The fourth-order valence-corrected chi connectivity index (χ4v) is 2.87. The Kier molecular flexibility index (Phi) is 4.57. The molecule has 124 valence electrons. The standard InChI is InChI=1S/C18H20N4O2/c19-18(8-1-2-9-18)17(24)22-15-5-3-4-14(12-15)21-16(23)13-6-10-20-11-7-13/h3-7,10-12H,1-2,8-9,19H2,(H,21,23)(H,22,24). The van der Waals surface area contributed by atoms with E-state index >= 15 is 0 Å². The molecule has 3 rings (SSSR count). The van der Waals surface area contributed by atoms with Crippen molar-refractivity contribution in [2.45, 2.75) is 31.2 Å². The highest BCUT2D eigenvalue weighted by Gasteiger charge is 2.36. The fraction of sp³-hybridized carbons (Fsp3) is 0.278. The minimum atomic E-state index is -0.781. The van der Waals surface area contributed by atoms with Crippen molar-refractivity contribution < 1.29 is 9.59 Å². The van der Waals surface area contributed by atoms with Gasteiger partial charge in [-0.05, 0) is 43.2 Å². The predicted molar refractivity (Wildman–Crippen MR) is 92.6 cm³/mol. The number of nitrogens with two attached hydrogens (primary N) is 1. The van der Waals surface area contributed by atoms with Gasteiger partial charge in [-0.1, -0.05) is 18.9 Å². The average molecular weight is 324 g/mol. The van der Waals surface area contributed by atoms with Gasteiger partial charge in [-0.15, -0.1) is 0 Å². The van der Waals surface area contributed by atoms with E-state index < -0.39 is 5.54 Å². The van der Waals surface area contributed by atoms with Crippen LogP contribution in [0.1, 0.15) is 36.0 Å². The lowest BCUT2D eigenvalue weighted by Crippen LogP contribution is -2.48. The van der Waals surface area contributed by atoms with Crippen molar-refractivity contribution in [3.8, 4) is 0 Å². The molecule has 1 aliphatic carbocycles. The van der Waals surface area contributed by atoms with Crippen LogP contribution in [0, 0.1) is 0 Å². The molecule has 0 unspecified atom stereocenters. The second-order valence-electron chi connectivity index (χ2n) is 6.09. The minimum Gasteiger partial charge on any atom is -0.324 e. The van der Waals surface area contributed by atoms with Gasteiger partial charge in [0, 0.05) is 29.3 Å². The Balaban J connectivity index is 1.68. The summed E-state index contributed by atoms with van der Waals surface area (Å²) in [5.41, 5.74) is 7.11. The highest BCUT2D eigenvalue weighted by atomic mass is 16.2. The van der Waals surface area contributed by atoms with Crippen molar-refractivity contribution >= 4 is 23.2 Å². The Morgan fingerprint density at radius 3 is 2.29 bits per heavy atom. The van der Waals surface area contributed by atoms with Crippen LogP contribution in [-0.4, -0.2) is 22.3 Å². The normalized spacial score (nSPS) is 15.7. The van der Waals surface area contributed by atoms with Gasteiger partial charge >= 0.3 is 0 Å². The van der Waals surface area contributed by atoms with Crippen LogP contribution < -0.4 is 16.4 Å². The zero-order chi connectivity index (χ0) is 17.0. The molecule has 1 heterocycles. The molecule has 1 aromatic heterocycles. The first-order chi connectivity index (χ1) is 11.6. The van der Waals surface area contributed by atoms with Crippen LogP contribution in [0.15, 0.2) is 48.8 Å². The number of hydrogen-bond acceptors (Lipinski definition) is 4. The number of benzene rings is 1. The zero-order valence-electron chi connectivity index (χ0n) is 13.3. The first-order valence-electron chi connectivity index (χ1n) is 7.99. The molecule has 4 N–H and O–H groups in total. The van der Waals surface area contributed by atoms with E-state index in [-0.39, 0.29) is 11.8 Å². The number of carbonyl (C=O) groups is 2. The molecule has 0 aliphatic heterocycles. The van der Waals surface area contributed by atoms with Crippen molar-refractivity contribution in [2.75, 3.05) is 10.6 Å². The summed E-state index contributed by atoms with van der Waals surface area (Å²) in [5.74, 6) is -0.399.